The molecule has 3 heteroatoms. The van der Waals surface area contributed by atoms with E-state index in [0.717, 1.165) is 28.1 Å². The largest absolute Gasteiger partial charge is 0.508 e. The van der Waals surface area contributed by atoms with Crippen molar-refractivity contribution in [3.05, 3.63) is 53.1 Å². The van der Waals surface area contributed by atoms with Crippen LogP contribution in [0.5, 0.6) is 5.75 Å². The van der Waals surface area contributed by atoms with Crippen LogP contribution in [0.2, 0.25) is 0 Å². The van der Waals surface area contributed by atoms with Crippen LogP contribution < -0.4 is 0 Å². The maximum Gasteiger partial charge on any atom is 0.119 e. The number of rotatable bonds is 2. The number of hydrogen-bond donors (Lipinski definition) is 1. The van der Waals surface area contributed by atoms with Crippen molar-refractivity contribution in [1.29, 1.82) is 0 Å². The molecule has 0 saturated carbocycles. The van der Waals surface area contributed by atoms with E-state index in [4.69, 9.17) is 0 Å². The summed E-state index contributed by atoms with van der Waals surface area (Å²) in [6, 6.07) is 11.3. The third kappa shape index (κ3) is 2.40. The van der Waals surface area contributed by atoms with Gasteiger partial charge in [-0.1, -0.05) is 18.2 Å². The van der Waals surface area contributed by atoms with Crippen LogP contribution in [0.15, 0.2) is 46.6 Å². The maximum atomic E-state index is 9.72. The van der Waals surface area contributed by atoms with E-state index in [9.17, 15) is 5.11 Å². The molecule has 0 atom stereocenters. The molecular weight excluding hydrogens is 224 g/mol. The van der Waals surface area contributed by atoms with Crippen molar-refractivity contribution in [1.82, 2.24) is 0 Å². The maximum absolute atomic E-state index is 9.72. The van der Waals surface area contributed by atoms with Crippen LogP contribution in [-0.4, -0.2) is 5.11 Å². The van der Waals surface area contributed by atoms with Gasteiger partial charge >= 0.3 is 0 Å². The second-order valence-electron chi connectivity index (χ2n) is 4.35. The summed E-state index contributed by atoms with van der Waals surface area (Å²) in [6.45, 7) is 5.75. The van der Waals surface area contributed by atoms with Crippen LogP contribution in [0.25, 0.3) is 0 Å². The highest BCUT2D eigenvalue weighted by molar-refractivity contribution is 5.59. The van der Waals surface area contributed by atoms with Crippen molar-refractivity contribution < 1.29 is 5.11 Å². The molecule has 2 aromatic rings. The van der Waals surface area contributed by atoms with E-state index >= 15 is 0 Å². The summed E-state index contributed by atoms with van der Waals surface area (Å²) in [4.78, 5) is 0. The van der Waals surface area contributed by atoms with Crippen molar-refractivity contribution in [2.75, 3.05) is 0 Å². The molecule has 0 amide bonds. The normalized spacial score (nSPS) is 11.1. The number of phenols is 1. The molecule has 0 heterocycles. The summed E-state index contributed by atoms with van der Waals surface area (Å²) in [5, 5.41) is 18.2. The number of aromatic hydroxyl groups is 1. The van der Waals surface area contributed by atoms with E-state index in [2.05, 4.69) is 10.2 Å². The lowest BCUT2D eigenvalue weighted by Gasteiger charge is -2.09. The molecule has 0 aliphatic carbocycles. The van der Waals surface area contributed by atoms with Gasteiger partial charge < -0.3 is 5.11 Å². The smallest absolute Gasteiger partial charge is 0.119 e. The number of aryl methyl sites for hydroxylation is 1. The Hall–Kier alpha value is -2.16. The molecule has 0 aromatic heterocycles. The molecule has 0 saturated heterocycles. The summed E-state index contributed by atoms with van der Waals surface area (Å²) in [6.07, 6.45) is 0. The topological polar surface area (TPSA) is 45.0 Å². The average Bonchev–Trinajstić information content (AvgIpc) is 2.37. The van der Waals surface area contributed by atoms with Gasteiger partial charge in [-0.05, 0) is 55.7 Å². The molecule has 1 N–H and O–H groups in total. The minimum atomic E-state index is 0.309. The number of hydrogen-bond acceptors (Lipinski definition) is 3. The Morgan fingerprint density at radius 3 is 2.22 bits per heavy atom. The molecule has 0 radical (unpaired) electrons. The molecular formula is C15H16N2O. The first-order valence-electron chi connectivity index (χ1n) is 5.86. The zero-order valence-electron chi connectivity index (χ0n) is 10.8. The predicted molar refractivity (Wildman–Crippen MR) is 72.9 cm³/mol. The van der Waals surface area contributed by atoms with Gasteiger partial charge in [0.15, 0.2) is 0 Å². The van der Waals surface area contributed by atoms with Gasteiger partial charge in [-0.3, -0.25) is 0 Å². The molecule has 2 rings (SSSR count). The Morgan fingerprint density at radius 2 is 1.56 bits per heavy atom. The zero-order chi connectivity index (χ0) is 13.1. The summed E-state index contributed by atoms with van der Waals surface area (Å²) in [5.41, 5.74) is 4.39. The molecule has 0 aliphatic rings. The van der Waals surface area contributed by atoms with E-state index < -0.39 is 0 Å². The summed E-state index contributed by atoms with van der Waals surface area (Å²) in [7, 11) is 0. The fourth-order valence-electron chi connectivity index (χ4n) is 1.80. The lowest BCUT2D eigenvalue weighted by atomic mass is 10.0. The zero-order valence-corrected chi connectivity index (χ0v) is 10.8. The first-order chi connectivity index (χ1) is 8.59. The number of nitrogens with zero attached hydrogens (tertiary/aromatic N) is 2. The van der Waals surface area contributed by atoms with E-state index in [1.165, 1.54) is 0 Å². The van der Waals surface area contributed by atoms with E-state index in [1.54, 1.807) is 6.07 Å². The van der Waals surface area contributed by atoms with E-state index in [0.29, 0.717) is 5.75 Å². The first-order valence-corrected chi connectivity index (χ1v) is 5.86. The molecule has 0 unspecified atom stereocenters. The molecule has 0 spiro atoms. The van der Waals surface area contributed by atoms with Gasteiger partial charge in [0.05, 0.1) is 11.4 Å². The van der Waals surface area contributed by atoms with E-state index in [1.807, 2.05) is 51.1 Å². The Morgan fingerprint density at radius 1 is 0.889 bits per heavy atom. The van der Waals surface area contributed by atoms with Crippen LogP contribution in [0.4, 0.5) is 11.4 Å². The lowest BCUT2D eigenvalue weighted by molar-refractivity contribution is 0.470. The second kappa shape index (κ2) is 5.00. The van der Waals surface area contributed by atoms with Gasteiger partial charge in [0.1, 0.15) is 5.75 Å². The molecule has 3 nitrogen and oxygen atoms in total. The first kappa shape index (κ1) is 12.3. The van der Waals surface area contributed by atoms with Gasteiger partial charge in [0.25, 0.3) is 0 Å². The number of phenolic OH excluding ortho intramolecular Hbond substituents is 1. The van der Waals surface area contributed by atoms with Gasteiger partial charge in [-0.25, -0.2) is 0 Å². The fourth-order valence-corrected chi connectivity index (χ4v) is 1.80. The summed E-state index contributed by atoms with van der Waals surface area (Å²) >= 11 is 0. The molecule has 0 bridgehead atoms. The van der Waals surface area contributed by atoms with E-state index in [-0.39, 0.29) is 0 Å². The van der Waals surface area contributed by atoms with Crippen molar-refractivity contribution in [2.45, 2.75) is 20.8 Å². The van der Waals surface area contributed by atoms with Gasteiger partial charge in [0.2, 0.25) is 0 Å². The molecule has 0 aliphatic heterocycles. The summed E-state index contributed by atoms with van der Waals surface area (Å²) < 4.78 is 0. The second-order valence-corrected chi connectivity index (χ2v) is 4.35. The fraction of sp³-hybridized carbons (Fsp3) is 0.200. The minimum Gasteiger partial charge on any atom is -0.508 e. The highest BCUT2D eigenvalue weighted by Gasteiger charge is 2.08. The Kier molecular flexibility index (Phi) is 3.42. The van der Waals surface area contributed by atoms with Crippen LogP contribution in [-0.2, 0) is 0 Å². The monoisotopic (exact) mass is 240 g/mol. The van der Waals surface area contributed by atoms with Crippen LogP contribution in [0, 0.1) is 20.8 Å². The standard InChI is InChI=1S/C15H16N2O/c1-10-9-14(18)11(2)12(3)15(10)17-16-13-7-5-4-6-8-13/h4-9,18H,1-3H3. The number of azo groups is 1. The Labute approximate surface area is 107 Å². The van der Waals surface area contributed by atoms with Crippen LogP contribution in [0.3, 0.4) is 0 Å². The van der Waals surface area contributed by atoms with Gasteiger partial charge in [-0.15, -0.1) is 5.11 Å². The van der Waals surface area contributed by atoms with Crippen LogP contribution >= 0.6 is 0 Å². The summed E-state index contributed by atoms with van der Waals surface area (Å²) in [5.74, 6) is 0.309. The lowest BCUT2D eigenvalue weighted by Crippen LogP contribution is -1.86. The number of benzene rings is 2. The highest BCUT2D eigenvalue weighted by Crippen LogP contribution is 2.33. The predicted octanol–water partition coefficient (Wildman–Crippen LogP) is 4.73. The SMILES string of the molecule is Cc1cc(O)c(C)c(C)c1N=Nc1ccccc1. The highest BCUT2D eigenvalue weighted by atomic mass is 16.3. The third-order valence-corrected chi connectivity index (χ3v) is 3.05. The molecule has 92 valence electrons. The quantitative estimate of drug-likeness (QED) is 0.757. The molecule has 2 aromatic carbocycles. The minimum absolute atomic E-state index is 0.309. The molecule has 0 fully saturated rings. The van der Waals surface area contributed by atoms with Crippen molar-refractivity contribution >= 4 is 11.4 Å². The van der Waals surface area contributed by atoms with Crippen LogP contribution in [0.1, 0.15) is 16.7 Å². The third-order valence-electron chi connectivity index (χ3n) is 3.05. The Bertz CT molecular complexity index is 589. The average molecular weight is 240 g/mol. The molecule has 18 heavy (non-hydrogen) atoms. The van der Waals surface area contributed by atoms with Gasteiger partial charge in [0, 0.05) is 0 Å². The van der Waals surface area contributed by atoms with Gasteiger partial charge in [-0.2, -0.15) is 5.11 Å². The van der Waals surface area contributed by atoms with Crippen molar-refractivity contribution in [2.24, 2.45) is 10.2 Å². The van der Waals surface area contributed by atoms with Crippen molar-refractivity contribution in [3.63, 3.8) is 0 Å². The van der Waals surface area contributed by atoms with Crippen molar-refractivity contribution in [3.8, 4) is 5.75 Å². The Balaban J connectivity index is 2.41.